The number of benzene rings is 1. The van der Waals surface area contributed by atoms with Crippen molar-refractivity contribution in [2.75, 3.05) is 13.8 Å². The minimum Gasteiger partial charge on any atom is -0.448 e. The summed E-state index contributed by atoms with van der Waals surface area (Å²) in [5.41, 5.74) is 1.24. The summed E-state index contributed by atoms with van der Waals surface area (Å²) in [5, 5.41) is 0. The highest BCUT2D eigenvalue weighted by Gasteiger charge is 2.00. The van der Waals surface area contributed by atoms with E-state index in [2.05, 4.69) is 6.92 Å². The molecule has 0 aromatic heterocycles. The Morgan fingerprint density at radius 2 is 1.75 bits per heavy atom. The lowest BCUT2D eigenvalue weighted by atomic mass is 10.2. The molecule has 0 fully saturated rings. The summed E-state index contributed by atoms with van der Waals surface area (Å²) < 4.78 is 10.5. The molecule has 0 heterocycles. The molecule has 0 bridgehead atoms. The SMILES string of the molecule is COP(C)Oc1ccc(C)cc1. The Morgan fingerprint density at radius 1 is 1.17 bits per heavy atom. The van der Waals surface area contributed by atoms with E-state index >= 15 is 0 Å². The molecule has 0 amide bonds. The maximum Gasteiger partial charge on any atom is 0.226 e. The molecule has 0 spiro atoms. The summed E-state index contributed by atoms with van der Waals surface area (Å²) in [6.45, 7) is 3.98. The predicted octanol–water partition coefficient (Wildman–Crippen LogP) is 2.96. The van der Waals surface area contributed by atoms with Crippen LogP contribution in [0.1, 0.15) is 5.56 Å². The van der Waals surface area contributed by atoms with Crippen LogP contribution in [0, 0.1) is 6.92 Å². The Morgan fingerprint density at radius 3 is 2.25 bits per heavy atom. The van der Waals surface area contributed by atoms with Crippen LogP contribution in [0.15, 0.2) is 24.3 Å². The lowest BCUT2D eigenvalue weighted by molar-refractivity contribution is 0.400. The smallest absolute Gasteiger partial charge is 0.226 e. The molecule has 0 aliphatic rings. The van der Waals surface area contributed by atoms with Crippen LogP contribution >= 0.6 is 8.38 Å². The fraction of sp³-hybridized carbons (Fsp3) is 0.333. The van der Waals surface area contributed by atoms with Crippen molar-refractivity contribution in [2.24, 2.45) is 0 Å². The van der Waals surface area contributed by atoms with Crippen LogP contribution in [0.2, 0.25) is 0 Å². The van der Waals surface area contributed by atoms with Gasteiger partial charge in [-0.2, -0.15) is 0 Å². The number of aryl methyl sites for hydroxylation is 1. The molecule has 0 N–H and O–H groups in total. The normalized spacial score (nSPS) is 12.6. The van der Waals surface area contributed by atoms with E-state index in [4.69, 9.17) is 9.05 Å². The molecule has 0 saturated carbocycles. The fourth-order valence-corrected chi connectivity index (χ4v) is 1.28. The van der Waals surface area contributed by atoms with Crippen molar-refractivity contribution in [2.45, 2.75) is 6.92 Å². The van der Waals surface area contributed by atoms with Crippen LogP contribution in [0.25, 0.3) is 0 Å². The molecule has 1 atom stereocenters. The first-order chi connectivity index (χ1) is 5.72. The first-order valence-corrected chi connectivity index (χ1v) is 5.37. The summed E-state index contributed by atoms with van der Waals surface area (Å²) in [7, 11) is 0.888. The Kier molecular flexibility index (Phi) is 3.51. The second-order valence-electron chi connectivity index (χ2n) is 2.53. The van der Waals surface area contributed by atoms with Crippen LogP contribution in [-0.2, 0) is 4.52 Å². The van der Waals surface area contributed by atoms with Crippen LogP contribution in [-0.4, -0.2) is 13.8 Å². The number of rotatable bonds is 3. The van der Waals surface area contributed by atoms with Crippen molar-refractivity contribution in [1.29, 1.82) is 0 Å². The summed E-state index contributed by atoms with van der Waals surface area (Å²) in [4.78, 5) is 0. The topological polar surface area (TPSA) is 18.5 Å². The zero-order valence-electron chi connectivity index (χ0n) is 7.57. The van der Waals surface area contributed by atoms with E-state index in [0.29, 0.717) is 0 Å². The molecular weight excluding hydrogens is 171 g/mol. The lowest BCUT2D eigenvalue weighted by Gasteiger charge is -2.10. The van der Waals surface area contributed by atoms with Gasteiger partial charge in [0.25, 0.3) is 0 Å². The standard InChI is InChI=1S/C9H13O2P/c1-8-4-6-9(7-5-8)11-12(3)10-2/h4-7H,1-3H3. The van der Waals surface area contributed by atoms with Gasteiger partial charge in [-0.15, -0.1) is 0 Å². The van der Waals surface area contributed by atoms with Gasteiger partial charge in [-0.1, -0.05) is 17.7 Å². The first kappa shape index (κ1) is 9.50. The van der Waals surface area contributed by atoms with Gasteiger partial charge in [0, 0.05) is 13.8 Å². The maximum atomic E-state index is 5.46. The van der Waals surface area contributed by atoms with Gasteiger partial charge in [-0.05, 0) is 19.1 Å². The van der Waals surface area contributed by atoms with E-state index in [1.165, 1.54) is 5.56 Å². The predicted molar refractivity (Wildman–Crippen MR) is 51.7 cm³/mol. The average Bonchev–Trinajstić information content (AvgIpc) is 2.09. The van der Waals surface area contributed by atoms with Gasteiger partial charge >= 0.3 is 0 Å². The second kappa shape index (κ2) is 4.44. The van der Waals surface area contributed by atoms with Crippen LogP contribution in [0.5, 0.6) is 5.75 Å². The van der Waals surface area contributed by atoms with Gasteiger partial charge in [0.1, 0.15) is 5.75 Å². The fourth-order valence-electron chi connectivity index (χ4n) is 0.785. The average molecular weight is 184 g/mol. The van der Waals surface area contributed by atoms with Gasteiger partial charge in [-0.3, -0.25) is 0 Å². The third-order valence-corrected chi connectivity index (χ3v) is 2.49. The minimum absolute atomic E-state index is 0.764. The zero-order chi connectivity index (χ0) is 8.97. The largest absolute Gasteiger partial charge is 0.448 e. The van der Waals surface area contributed by atoms with E-state index in [1.54, 1.807) is 7.11 Å². The van der Waals surface area contributed by atoms with Crippen molar-refractivity contribution < 1.29 is 9.05 Å². The molecule has 0 aliphatic carbocycles. The van der Waals surface area contributed by atoms with E-state index < -0.39 is 8.38 Å². The van der Waals surface area contributed by atoms with E-state index in [9.17, 15) is 0 Å². The lowest BCUT2D eigenvalue weighted by Crippen LogP contribution is -1.87. The van der Waals surface area contributed by atoms with Crippen LogP contribution in [0.3, 0.4) is 0 Å². The zero-order valence-corrected chi connectivity index (χ0v) is 8.47. The van der Waals surface area contributed by atoms with Crippen molar-refractivity contribution >= 4 is 8.38 Å². The van der Waals surface area contributed by atoms with Gasteiger partial charge < -0.3 is 9.05 Å². The molecule has 0 aliphatic heterocycles. The molecule has 0 radical (unpaired) electrons. The highest BCUT2D eigenvalue weighted by Crippen LogP contribution is 2.33. The van der Waals surface area contributed by atoms with E-state index in [0.717, 1.165) is 5.75 Å². The molecule has 1 unspecified atom stereocenters. The summed E-state index contributed by atoms with van der Waals surface area (Å²) in [6, 6.07) is 7.95. The molecule has 12 heavy (non-hydrogen) atoms. The molecule has 3 heteroatoms. The van der Waals surface area contributed by atoms with Crippen molar-refractivity contribution in [3.63, 3.8) is 0 Å². The number of hydrogen-bond acceptors (Lipinski definition) is 2. The van der Waals surface area contributed by atoms with E-state index in [1.807, 2.05) is 30.9 Å². The molecule has 1 aromatic carbocycles. The van der Waals surface area contributed by atoms with Gasteiger partial charge in [0.2, 0.25) is 8.38 Å². The summed E-state index contributed by atoms with van der Waals surface area (Å²) in [5.74, 6) is 0.871. The number of hydrogen-bond donors (Lipinski definition) is 0. The van der Waals surface area contributed by atoms with Crippen LogP contribution < -0.4 is 4.52 Å². The molecule has 1 rings (SSSR count). The van der Waals surface area contributed by atoms with Crippen molar-refractivity contribution in [1.82, 2.24) is 0 Å². The van der Waals surface area contributed by atoms with Crippen molar-refractivity contribution in [3.05, 3.63) is 29.8 Å². The van der Waals surface area contributed by atoms with Crippen LogP contribution in [0.4, 0.5) is 0 Å². The molecule has 66 valence electrons. The molecule has 0 saturated heterocycles. The molecule has 2 nitrogen and oxygen atoms in total. The maximum absolute atomic E-state index is 5.46. The van der Waals surface area contributed by atoms with E-state index in [-0.39, 0.29) is 0 Å². The van der Waals surface area contributed by atoms with Gasteiger partial charge in [0.05, 0.1) is 0 Å². The third kappa shape index (κ3) is 2.80. The minimum atomic E-state index is -0.764. The monoisotopic (exact) mass is 184 g/mol. The highest BCUT2D eigenvalue weighted by molar-refractivity contribution is 7.46. The van der Waals surface area contributed by atoms with Gasteiger partial charge in [-0.25, -0.2) is 0 Å². The first-order valence-electron chi connectivity index (χ1n) is 3.75. The Hall–Kier alpha value is -0.590. The quantitative estimate of drug-likeness (QED) is 0.672. The highest BCUT2D eigenvalue weighted by atomic mass is 31.2. The third-order valence-electron chi connectivity index (χ3n) is 1.51. The Balaban J connectivity index is 2.58. The molecule has 1 aromatic rings. The molecular formula is C9H13O2P. The Labute approximate surface area is 74.4 Å². The van der Waals surface area contributed by atoms with Gasteiger partial charge in [0.15, 0.2) is 0 Å². The summed E-state index contributed by atoms with van der Waals surface area (Å²) in [6.07, 6.45) is 0. The van der Waals surface area contributed by atoms with Crippen molar-refractivity contribution in [3.8, 4) is 5.75 Å². The summed E-state index contributed by atoms with van der Waals surface area (Å²) >= 11 is 0. The second-order valence-corrected chi connectivity index (χ2v) is 3.95. The Bertz CT molecular complexity index is 233.